The number of hydrogen-bond acceptors (Lipinski definition) is 4. The van der Waals surface area contributed by atoms with Crippen LogP contribution in [0.25, 0.3) is 16.8 Å². The number of pyridine rings is 1. The average molecular weight is 364 g/mol. The molecule has 0 aliphatic heterocycles. The molecule has 0 spiro atoms. The summed E-state index contributed by atoms with van der Waals surface area (Å²) >= 11 is 6.08. The van der Waals surface area contributed by atoms with Crippen LogP contribution in [0.3, 0.4) is 0 Å². The summed E-state index contributed by atoms with van der Waals surface area (Å²) in [6.07, 6.45) is 5.12. The van der Waals surface area contributed by atoms with Crippen molar-refractivity contribution in [3.8, 4) is 11.1 Å². The number of benzene rings is 1. The van der Waals surface area contributed by atoms with Gasteiger partial charge in [-0.3, -0.25) is 9.78 Å². The lowest BCUT2D eigenvalue weighted by Gasteiger charge is -2.05. The van der Waals surface area contributed by atoms with Crippen molar-refractivity contribution in [2.75, 3.05) is 0 Å². The molecule has 4 rings (SSSR count). The van der Waals surface area contributed by atoms with Crippen LogP contribution in [0.5, 0.6) is 0 Å². The van der Waals surface area contributed by atoms with E-state index in [4.69, 9.17) is 11.6 Å². The van der Waals surface area contributed by atoms with Gasteiger partial charge < -0.3 is 5.32 Å². The lowest BCUT2D eigenvalue weighted by molar-refractivity contribution is 0.0945. The van der Waals surface area contributed by atoms with E-state index < -0.39 is 0 Å². The van der Waals surface area contributed by atoms with E-state index in [1.807, 2.05) is 36.4 Å². The second kappa shape index (κ2) is 6.93. The number of nitrogens with one attached hydrogen (secondary N) is 1. The number of carbonyl (C=O) groups excluding carboxylic acids is 1. The van der Waals surface area contributed by atoms with E-state index in [0.717, 1.165) is 16.8 Å². The topological polar surface area (TPSA) is 72.2 Å². The molecule has 0 aliphatic carbocycles. The fraction of sp³-hybridized carbons (Fsp3) is 0.0526. The van der Waals surface area contributed by atoms with Gasteiger partial charge in [0.1, 0.15) is 5.69 Å². The zero-order valence-corrected chi connectivity index (χ0v) is 14.4. The van der Waals surface area contributed by atoms with Gasteiger partial charge in [-0.2, -0.15) is 5.10 Å². The molecule has 0 atom stereocenters. The van der Waals surface area contributed by atoms with Crippen molar-refractivity contribution in [2.45, 2.75) is 6.54 Å². The van der Waals surface area contributed by atoms with Crippen LogP contribution in [-0.4, -0.2) is 25.5 Å². The summed E-state index contributed by atoms with van der Waals surface area (Å²) in [5.74, 6) is -0.267. The highest BCUT2D eigenvalue weighted by Gasteiger charge is 2.13. The van der Waals surface area contributed by atoms with Crippen LogP contribution in [0.1, 0.15) is 16.2 Å². The normalized spacial score (nSPS) is 10.8. The fourth-order valence-corrected chi connectivity index (χ4v) is 2.81. The van der Waals surface area contributed by atoms with Crippen LogP contribution in [0.2, 0.25) is 5.02 Å². The van der Waals surface area contributed by atoms with Crippen molar-refractivity contribution in [1.82, 2.24) is 24.9 Å². The Morgan fingerprint density at radius 1 is 1.15 bits per heavy atom. The van der Waals surface area contributed by atoms with Crippen molar-refractivity contribution in [3.63, 3.8) is 0 Å². The third kappa shape index (κ3) is 3.27. The summed E-state index contributed by atoms with van der Waals surface area (Å²) in [7, 11) is 0. The Labute approximate surface area is 154 Å². The molecule has 1 N–H and O–H groups in total. The summed E-state index contributed by atoms with van der Waals surface area (Å²) in [5, 5.41) is 7.74. The van der Waals surface area contributed by atoms with Crippen molar-refractivity contribution < 1.29 is 4.79 Å². The molecule has 0 saturated heterocycles. The molecule has 0 bridgehead atoms. The van der Waals surface area contributed by atoms with Crippen molar-refractivity contribution in [2.24, 2.45) is 0 Å². The zero-order chi connectivity index (χ0) is 17.9. The molecule has 6 nitrogen and oxygen atoms in total. The Kier molecular flexibility index (Phi) is 4.33. The summed E-state index contributed by atoms with van der Waals surface area (Å²) in [6, 6.07) is 14.6. The summed E-state index contributed by atoms with van der Waals surface area (Å²) < 4.78 is 1.63. The van der Waals surface area contributed by atoms with Gasteiger partial charge >= 0.3 is 0 Å². The maximum atomic E-state index is 12.4. The number of halogens is 1. The quantitative estimate of drug-likeness (QED) is 0.603. The van der Waals surface area contributed by atoms with E-state index in [0.29, 0.717) is 22.9 Å². The highest BCUT2D eigenvalue weighted by atomic mass is 35.5. The minimum absolute atomic E-state index is 0.267. The van der Waals surface area contributed by atoms with E-state index in [1.165, 1.54) is 0 Å². The van der Waals surface area contributed by atoms with Gasteiger partial charge in [0.25, 0.3) is 5.91 Å². The molecule has 0 radical (unpaired) electrons. The van der Waals surface area contributed by atoms with E-state index in [1.54, 1.807) is 35.2 Å². The Morgan fingerprint density at radius 2 is 2.08 bits per heavy atom. The standard InChI is InChI=1S/C19H14ClN5O/c20-14-5-3-4-13(10-14)16-12-23-25-9-7-17(24-18(16)25)19(26)22-11-15-6-1-2-8-21-15/h1-10,12H,11H2,(H,22,26). The molecule has 4 aromatic rings. The molecule has 0 saturated carbocycles. The predicted molar refractivity (Wildman–Crippen MR) is 98.8 cm³/mol. The van der Waals surface area contributed by atoms with E-state index in [9.17, 15) is 4.79 Å². The number of carbonyl (C=O) groups is 1. The maximum Gasteiger partial charge on any atom is 0.270 e. The number of hydrogen-bond donors (Lipinski definition) is 1. The minimum Gasteiger partial charge on any atom is -0.345 e. The van der Waals surface area contributed by atoms with Crippen LogP contribution < -0.4 is 5.32 Å². The highest BCUT2D eigenvalue weighted by molar-refractivity contribution is 6.30. The number of rotatable bonds is 4. The Hall–Kier alpha value is -3.25. The van der Waals surface area contributed by atoms with Crippen LogP contribution >= 0.6 is 11.6 Å². The largest absolute Gasteiger partial charge is 0.345 e. The van der Waals surface area contributed by atoms with E-state index in [2.05, 4.69) is 20.4 Å². The number of amides is 1. The first-order valence-electron chi connectivity index (χ1n) is 7.99. The summed E-state index contributed by atoms with van der Waals surface area (Å²) in [5.41, 5.74) is 3.40. The second-order valence-electron chi connectivity index (χ2n) is 5.65. The molecule has 1 amide bonds. The molecule has 3 heterocycles. The van der Waals surface area contributed by atoms with Gasteiger partial charge in [-0.1, -0.05) is 29.8 Å². The monoisotopic (exact) mass is 363 g/mol. The second-order valence-corrected chi connectivity index (χ2v) is 6.09. The van der Waals surface area contributed by atoms with Crippen LogP contribution in [-0.2, 0) is 6.54 Å². The van der Waals surface area contributed by atoms with Gasteiger partial charge in [0.2, 0.25) is 0 Å². The first-order valence-corrected chi connectivity index (χ1v) is 8.37. The molecular weight excluding hydrogens is 350 g/mol. The molecule has 128 valence electrons. The molecule has 7 heteroatoms. The van der Waals surface area contributed by atoms with Gasteiger partial charge in [-0.05, 0) is 35.9 Å². The SMILES string of the molecule is O=C(NCc1ccccn1)c1ccn2ncc(-c3cccc(Cl)c3)c2n1. The van der Waals surface area contributed by atoms with Gasteiger partial charge in [0.15, 0.2) is 5.65 Å². The molecule has 0 aliphatic rings. The lowest BCUT2D eigenvalue weighted by atomic mass is 10.1. The van der Waals surface area contributed by atoms with E-state index in [-0.39, 0.29) is 5.91 Å². The molecule has 26 heavy (non-hydrogen) atoms. The molecule has 1 aromatic carbocycles. The average Bonchev–Trinajstić information content (AvgIpc) is 3.10. The van der Waals surface area contributed by atoms with Crippen molar-refractivity contribution >= 4 is 23.2 Å². The maximum absolute atomic E-state index is 12.4. The van der Waals surface area contributed by atoms with Gasteiger partial charge in [-0.25, -0.2) is 9.50 Å². The predicted octanol–water partition coefficient (Wildman–Crippen LogP) is 3.37. The third-order valence-corrected chi connectivity index (χ3v) is 4.13. The number of fused-ring (bicyclic) bond motifs is 1. The van der Waals surface area contributed by atoms with Crippen LogP contribution in [0.4, 0.5) is 0 Å². The first-order chi connectivity index (χ1) is 12.7. The summed E-state index contributed by atoms with van der Waals surface area (Å²) in [4.78, 5) is 21.1. The van der Waals surface area contributed by atoms with Gasteiger partial charge in [0.05, 0.1) is 18.4 Å². The van der Waals surface area contributed by atoms with Crippen molar-refractivity contribution in [1.29, 1.82) is 0 Å². The zero-order valence-electron chi connectivity index (χ0n) is 13.6. The van der Waals surface area contributed by atoms with Gasteiger partial charge in [-0.15, -0.1) is 0 Å². The number of aromatic nitrogens is 4. The Morgan fingerprint density at radius 3 is 2.88 bits per heavy atom. The molecule has 3 aromatic heterocycles. The minimum atomic E-state index is -0.267. The van der Waals surface area contributed by atoms with Gasteiger partial charge in [0, 0.05) is 23.0 Å². The Bertz CT molecular complexity index is 1080. The van der Waals surface area contributed by atoms with Crippen LogP contribution in [0.15, 0.2) is 67.1 Å². The van der Waals surface area contributed by atoms with E-state index >= 15 is 0 Å². The highest BCUT2D eigenvalue weighted by Crippen LogP contribution is 2.25. The third-order valence-electron chi connectivity index (χ3n) is 3.89. The molecule has 0 fully saturated rings. The number of nitrogens with zero attached hydrogens (tertiary/aromatic N) is 4. The summed E-state index contributed by atoms with van der Waals surface area (Å²) in [6.45, 7) is 0.340. The smallest absolute Gasteiger partial charge is 0.270 e. The lowest BCUT2D eigenvalue weighted by Crippen LogP contribution is -2.24. The molecule has 0 unspecified atom stereocenters. The fourth-order valence-electron chi connectivity index (χ4n) is 2.62. The first kappa shape index (κ1) is 16.2. The van der Waals surface area contributed by atoms with Crippen LogP contribution in [0, 0.1) is 0 Å². The molecular formula is C19H14ClN5O. The Balaban J connectivity index is 1.62. The van der Waals surface area contributed by atoms with Crippen molar-refractivity contribution in [3.05, 3.63) is 83.5 Å².